The van der Waals surface area contributed by atoms with Crippen molar-refractivity contribution in [2.24, 2.45) is 5.73 Å². The Bertz CT molecular complexity index is 152. The van der Waals surface area contributed by atoms with Gasteiger partial charge >= 0.3 is 0 Å². The molecule has 3 unspecified atom stereocenters. The molecule has 1 aliphatic carbocycles. The molecule has 0 bridgehead atoms. The summed E-state index contributed by atoms with van der Waals surface area (Å²) in [5, 5.41) is 0. The molecule has 0 aromatic rings. The first kappa shape index (κ1) is 11.0. The van der Waals surface area contributed by atoms with Crippen molar-refractivity contribution in [3.05, 3.63) is 0 Å². The molecule has 3 heteroatoms. The monoisotopic (exact) mass is 186 g/mol. The molecule has 1 fully saturated rings. The number of nitrogens with zero attached hydrogens (tertiary/aromatic N) is 1. The second-order valence-electron chi connectivity index (χ2n) is 4.20. The van der Waals surface area contributed by atoms with Crippen molar-refractivity contribution in [1.29, 1.82) is 0 Å². The minimum Gasteiger partial charge on any atom is -0.383 e. The van der Waals surface area contributed by atoms with Crippen molar-refractivity contribution in [2.45, 2.75) is 44.3 Å². The summed E-state index contributed by atoms with van der Waals surface area (Å²) in [4.78, 5) is 2.40. The second kappa shape index (κ2) is 4.94. The molecule has 0 heterocycles. The molecule has 0 aromatic carbocycles. The molecule has 3 nitrogen and oxygen atoms in total. The van der Waals surface area contributed by atoms with Gasteiger partial charge in [-0.05, 0) is 33.2 Å². The lowest BCUT2D eigenvalue weighted by atomic mass is 10.2. The van der Waals surface area contributed by atoms with Crippen LogP contribution >= 0.6 is 0 Å². The average Bonchev–Trinajstić information content (AvgIpc) is 2.51. The third-order valence-electron chi connectivity index (χ3n) is 3.12. The van der Waals surface area contributed by atoms with Crippen LogP contribution in [0.1, 0.15) is 26.2 Å². The van der Waals surface area contributed by atoms with E-state index >= 15 is 0 Å². The Morgan fingerprint density at radius 3 is 2.69 bits per heavy atom. The minimum absolute atomic E-state index is 0.419. The van der Waals surface area contributed by atoms with Crippen LogP contribution in [0.4, 0.5) is 0 Å². The van der Waals surface area contributed by atoms with Gasteiger partial charge in [0.1, 0.15) is 0 Å². The van der Waals surface area contributed by atoms with Gasteiger partial charge in [-0.1, -0.05) is 0 Å². The maximum Gasteiger partial charge on any atom is 0.0615 e. The summed E-state index contributed by atoms with van der Waals surface area (Å²) in [6, 6.07) is 1.59. The third-order valence-corrected chi connectivity index (χ3v) is 3.12. The van der Waals surface area contributed by atoms with Crippen LogP contribution in [0.15, 0.2) is 0 Å². The fourth-order valence-corrected chi connectivity index (χ4v) is 2.08. The van der Waals surface area contributed by atoms with Gasteiger partial charge in [0.15, 0.2) is 0 Å². The van der Waals surface area contributed by atoms with Gasteiger partial charge in [-0.2, -0.15) is 0 Å². The summed E-state index contributed by atoms with van der Waals surface area (Å²) in [7, 11) is 3.93. The molecule has 0 amide bonds. The van der Waals surface area contributed by atoms with E-state index in [2.05, 4.69) is 18.9 Å². The summed E-state index contributed by atoms with van der Waals surface area (Å²) in [6.07, 6.45) is 3.56. The van der Waals surface area contributed by atoms with Crippen LogP contribution in [-0.2, 0) is 4.74 Å². The lowest BCUT2D eigenvalue weighted by Gasteiger charge is -2.30. The normalized spacial score (nSPS) is 31.2. The number of hydrogen-bond acceptors (Lipinski definition) is 3. The van der Waals surface area contributed by atoms with Crippen LogP contribution in [0.25, 0.3) is 0 Å². The van der Waals surface area contributed by atoms with Crippen molar-refractivity contribution in [1.82, 2.24) is 4.90 Å². The van der Waals surface area contributed by atoms with Crippen molar-refractivity contribution in [3.8, 4) is 0 Å². The highest BCUT2D eigenvalue weighted by molar-refractivity contribution is 4.85. The SMILES string of the molecule is COCC(C)N(C)C1CCC(N)C1. The van der Waals surface area contributed by atoms with Crippen LogP contribution in [0.5, 0.6) is 0 Å². The molecule has 1 rings (SSSR count). The number of ether oxygens (including phenoxy) is 1. The molecule has 13 heavy (non-hydrogen) atoms. The van der Waals surface area contributed by atoms with Crippen molar-refractivity contribution in [3.63, 3.8) is 0 Å². The van der Waals surface area contributed by atoms with Gasteiger partial charge in [-0.3, -0.25) is 4.90 Å². The van der Waals surface area contributed by atoms with E-state index in [0.717, 1.165) is 13.0 Å². The third kappa shape index (κ3) is 2.93. The molecular formula is C10H22N2O. The number of methoxy groups -OCH3 is 1. The quantitative estimate of drug-likeness (QED) is 0.707. The molecule has 2 N–H and O–H groups in total. The van der Waals surface area contributed by atoms with E-state index in [1.807, 2.05) is 0 Å². The van der Waals surface area contributed by atoms with E-state index in [1.54, 1.807) is 7.11 Å². The van der Waals surface area contributed by atoms with Crippen LogP contribution in [0, 0.1) is 0 Å². The smallest absolute Gasteiger partial charge is 0.0615 e. The molecule has 0 radical (unpaired) electrons. The highest BCUT2D eigenvalue weighted by Gasteiger charge is 2.27. The predicted octanol–water partition coefficient (Wildman–Crippen LogP) is 0.833. The molecule has 0 saturated heterocycles. The average molecular weight is 186 g/mol. The first-order valence-electron chi connectivity index (χ1n) is 5.11. The molecule has 1 aliphatic rings. The zero-order valence-electron chi connectivity index (χ0n) is 8.99. The van der Waals surface area contributed by atoms with Gasteiger partial charge < -0.3 is 10.5 Å². The topological polar surface area (TPSA) is 38.5 Å². The number of rotatable bonds is 4. The van der Waals surface area contributed by atoms with Crippen molar-refractivity contribution in [2.75, 3.05) is 20.8 Å². The summed E-state index contributed by atoms with van der Waals surface area (Å²) in [6.45, 7) is 3.01. The largest absolute Gasteiger partial charge is 0.383 e. The van der Waals surface area contributed by atoms with E-state index < -0.39 is 0 Å². The Balaban J connectivity index is 2.33. The number of likely N-dealkylation sites (N-methyl/N-ethyl adjacent to an activating group) is 1. The molecule has 3 atom stereocenters. The second-order valence-corrected chi connectivity index (χ2v) is 4.20. The summed E-state index contributed by atoms with van der Waals surface area (Å²) < 4.78 is 5.14. The van der Waals surface area contributed by atoms with Gasteiger partial charge in [0.2, 0.25) is 0 Å². The Morgan fingerprint density at radius 1 is 1.54 bits per heavy atom. The Hall–Kier alpha value is -0.120. The standard InChI is InChI=1S/C10H22N2O/c1-8(7-13-3)12(2)10-5-4-9(11)6-10/h8-10H,4-7,11H2,1-3H3. The maximum absolute atomic E-state index is 5.88. The van der Waals surface area contributed by atoms with Gasteiger partial charge in [-0.15, -0.1) is 0 Å². The van der Waals surface area contributed by atoms with Crippen molar-refractivity contribution >= 4 is 0 Å². The molecule has 78 valence electrons. The van der Waals surface area contributed by atoms with E-state index in [-0.39, 0.29) is 0 Å². The molecule has 0 aromatic heterocycles. The Morgan fingerprint density at radius 2 is 2.23 bits per heavy atom. The molecular weight excluding hydrogens is 164 g/mol. The van der Waals surface area contributed by atoms with Crippen LogP contribution in [-0.4, -0.2) is 43.8 Å². The fraction of sp³-hybridized carbons (Fsp3) is 1.00. The predicted molar refractivity (Wildman–Crippen MR) is 54.7 cm³/mol. The molecule has 0 aliphatic heterocycles. The minimum atomic E-state index is 0.419. The van der Waals surface area contributed by atoms with E-state index in [9.17, 15) is 0 Å². The molecule has 0 spiro atoms. The van der Waals surface area contributed by atoms with Gasteiger partial charge in [-0.25, -0.2) is 0 Å². The number of nitrogens with two attached hydrogens (primary N) is 1. The van der Waals surface area contributed by atoms with Gasteiger partial charge in [0.05, 0.1) is 6.61 Å². The van der Waals surface area contributed by atoms with E-state index in [1.165, 1.54) is 12.8 Å². The summed E-state index contributed by atoms with van der Waals surface area (Å²) >= 11 is 0. The van der Waals surface area contributed by atoms with Gasteiger partial charge in [0, 0.05) is 25.2 Å². The lowest BCUT2D eigenvalue weighted by molar-refractivity contribution is 0.0903. The van der Waals surface area contributed by atoms with Crippen LogP contribution < -0.4 is 5.73 Å². The van der Waals surface area contributed by atoms with Gasteiger partial charge in [0.25, 0.3) is 0 Å². The Labute approximate surface area is 81.2 Å². The summed E-state index contributed by atoms with van der Waals surface area (Å²) in [5.74, 6) is 0. The van der Waals surface area contributed by atoms with E-state index in [4.69, 9.17) is 10.5 Å². The summed E-state index contributed by atoms with van der Waals surface area (Å²) in [5.41, 5.74) is 5.88. The lowest BCUT2D eigenvalue weighted by Crippen LogP contribution is -2.40. The first-order chi connectivity index (χ1) is 6.15. The van der Waals surface area contributed by atoms with Crippen LogP contribution in [0.2, 0.25) is 0 Å². The Kier molecular flexibility index (Phi) is 4.16. The molecule has 1 saturated carbocycles. The maximum atomic E-state index is 5.88. The first-order valence-corrected chi connectivity index (χ1v) is 5.11. The highest BCUT2D eigenvalue weighted by atomic mass is 16.5. The highest BCUT2D eigenvalue weighted by Crippen LogP contribution is 2.23. The van der Waals surface area contributed by atoms with Crippen LogP contribution in [0.3, 0.4) is 0 Å². The number of hydrogen-bond donors (Lipinski definition) is 1. The van der Waals surface area contributed by atoms with Crippen molar-refractivity contribution < 1.29 is 4.74 Å². The van der Waals surface area contributed by atoms with E-state index in [0.29, 0.717) is 18.1 Å². The zero-order chi connectivity index (χ0) is 9.84. The fourth-order valence-electron chi connectivity index (χ4n) is 2.08. The zero-order valence-corrected chi connectivity index (χ0v) is 8.99.